The largest absolute Gasteiger partial charge is 0.294 e. The molecule has 0 unspecified atom stereocenters. The van der Waals surface area contributed by atoms with E-state index in [9.17, 15) is 4.79 Å². The van der Waals surface area contributed by atoms with Crippen LogP contribution < -0.4 is 0 Å². The highest BCUT2D eigenvalue weighted by atomic mass is 16.1. The molecule has 0 spiro atoms. The van der Waals surface area contributed by atoms with Gasteiger partial charge >= 0.3 is 0 Å². The Labute approximate surface area is 98.2 Å². The first-order valence-corrected chi connectivity index (χ1v) is 5.61. The average molecular weight is 216 g/mol. The van der Waals surface area contributed by atoms with Crippen molar-refractivity contribution in [1.82, 2.24) is 0 Å². The molecule has 0 N–H and O–H groups in total. The number of ketones is 1. The Morgan fingerprint density at radius 1 is 1.00 bits per heavy atom. The first-order valence-electron chi connectivity index (χ1n) is 5.61. The molecule has 0 radical (unpaired) electrons. The second-order valence-corrected chi connectivity index (χ2v) is 5.20. The van der Waals surface area contributed by atoms with Crippen LogP contribution in [0.1, 0.15) is 40.2 Å². The van der Waals surface area contributed by atoms with Crippen molar-refractivity contribution in [2.24, 2.45) is 5.41 Å². The van der Waals surface area contributed by atoms with Gasteiger partial charge in [-0.05, 0) is 30.6 Å². The lowest BCUT2D eigenvalue weighted by Crippen LogP contribution is -2.21. The summed E-state index contributed by atoms with van der Waals surface area (Å²) in [6.07, 6.45) is 0. The van der Waals surface area contributed by atoms with Crippen molar-refractivity contribution in [2.45, 2.75) is 34.6 Å². The molecule has 0 bridgehead atoms. The fourth-order valence-corrected chi connectivity index (χ4v) is 1.64. The van der Waals surface area contributed by atoms with Crippen molar-refractivity contribution in [3.8, 4) is 0 Å². The average Bonchev–Trinajstić information content (AvgIpc) is 2.26. The van der Waals surface area contributed by atoms with Gasteiger partial charge in [-0.1, -0.05) is 51.1 Å². The van der Waals surface area contributed by atoms with E-state index in [0.29, 0.717) is 0 Å². The molecule has 1 nitrogen and oxygen atoms in total. The Kier molecular flexibility index (Phi) is 3.69. The van der Waals surface area contributed by atoms with E-state index in [-0.39, 0.29) is 11.2 Å². The van der Waals surface area contributed by atoms with Gasteiger partial charge in [-0.2, -0.15) is 0 Å². The van der Waals surface area contributed by atoms with Gasteiger partial charge in [-0.3, -0.25) is 4.79 Å². The van der Waals surface area contributed by atoms with E-state index < -0.39 is 0 Å². The van der Waals surface area contributed by atoms with Gasteiger partial charge in [0.25, 0.3) is 0 Å². The number of allylic oxidation sites excluding steroid dienone is 2. The van der Waals surface area contributed by atoms with Gasteiger partial charge in [-0.15, -0.1) is 0 Å². The van der Waals surface area contributed by atoms with Crippen LogP contribution in [0.3, 0.4) is 0 Å². The minimum atomic E-state index is -0.305. The summed E-state index contributed by atoms with van der Waals surface area (Å²) in [5, 5.41) is 0. The third-order valence-corrected chi connectivity index (χ3v) is 2.79. The summed E-state index contributed by atoms with van der Waals surface area (Å²) in [5.74, 6) is 0.217. The molecule has 0 aliphatic heterocycles. The molecule has 1 aromatic carbocycles. The zero-order chi connectivity index (χ0) is 12.3. The summed E-state index contributed by atoms with van der Waals surface area (Å²) in [4.78, 5) is 12.1. The van der Waals surface area contributed by atoms with Crippen LogP contribution in [0.2, 0.25) is 0 Å². The van der Waals surface area contributed by atoms with Gasteiger partial charge in [0.15, 0.2) is 5.78 Å². The fraction of sp³-hybridized carbons (Fsp3) is 0.400. The van der Waals surface area contributed by atoms with E-state index in [1.165, 1.54) is 0 Å². The maximum atomic E-state index is 12.1. The van der Waals surface area contributed by atoms with E-state index in [4.69, 9.17) is 0 Å². The molecule has 0 fully saturated rings. The van der Waals surface area contributed by atoms with Crippen LogP contribution in [-0.4, -0.2) is 5.78 Å². The van der Waals surface area contributed by atoms with Crippen LogP contribution in [0, 0.1) is 5.41 Å². The zero-order valence-electron chi connectivity index (χ0n) is 10.8. The number of carbonyl (C=O) groups is 1. The number of hydrogen-bond acceptors (Lipinski definition) is 1. The maximum absolute atomic E-state index is 12.1. The van der Waals surface area contributed by atoms with Crippen molar-refractivity contribution in [1.29, 1.82) is 0 Å². The Morgan fingerprint density at radius 2 is 1.50 bits per heavy atom. The van der Waals surface area contributed by atoms with Crippen molar-refractivity contribution in [2.75, 3.05) is 0 Å². The number of carbonyl (C=O) groups excluding carboxylic acids is 1. The lowest BCUT2D eigenvalue weighted by atomic mass is 9.84. The molecule has 16 heavy (non-hydrogen) atoms. The molecule has 1 aromatic rings. The highest BCUT2D eigenvalue weighted by Crippen LogP contribution is 2.25. The lowest BCUT2D eigenvalue weighted by Gasteiger charge is -2.18. The zero-order valence-corrected chi connectivity index (χ0v) is 10.8. The Balaban J connectivity index is 3.12. The summed E-state index contributed by atoms with van der Waals surface area (Å²) in [6.45, 7) is 9.79. The van der Waals surface area contributed by atoms with E-state index in [1.807, 2.05) is 65.0 Å². The van der Waals surface area contributed by atoms with E-state index in [1.54, 1.807) is 0 Å². The summed E-state index contributed by atoms with van der Waals surface area (Å²) >= 11 is 0. The van der Waals surface area contributed by atoms with E-state index in [2.05, 4.69) is 0 Å². The van der Waals surface area contributed by atoms with Gasteiger partial charge in [0, 0.05) is 5.41 Å². The summed E-state index contributed by atoms with van der Waals surface area (Å²) in [5.41, 5.74) is 2.75. The van der Waals surface area contributed by atoms with Crippen molar-refractivity contribution in [3.63, 3.8) is 0 Å². The van der Waals surface area contributed by atoms with Crippen molar-refractivity contribution < 1.29 is 4.79 Å². The quantitative estimate of drug-likeness (QED) is 0.680. The van der Waals surface area contributed by atoms with Crippen LogP contribution in [-0.2, 0) is 4.79 Å². The molecular formula is C15H20O. The molecule has 0 amide bonds. The fourth-order valence-electron chi connectivity index (χ4n) is 1.64. The lowest BCUT2D eigenvalue weighted by molar-refractivity contribution is -0.122. The smallest absolute Gasteiger partial charge is 0.164 e. The second kappa shape index (κ2) is 4.65. The minimum absolute atomic E-state index is 0.217. The monoisotopic (exact) mass is 216 g/mol. The van der Waals surface area contributed by atoms with Gasteiger partial charge in [0.2, 0.25) is 0 Å². The highest BCUT2D eigenvalue weighted by molar-refractivity contribution is 6.04. The summed E-state index contributed by atoms with van der Waals surface area (Å²) in [7, 11) is 0. The number of rotatable bonds is 2. The normalized spacial score (nSPS) is 13.3. The maximum Gasteiger partial charge on any atom is 0.164 e. The number of benzene rings is 1. The predicted molar refractivity (Wildman–Crippen MR) is 69.2 cm³/mol. The number of Topliss-reactive ketones (excluding diaryl/α,β-unsaturated/α-hetero) is 1. The summed E-state index contributed by atoms with van der Waals surface area (Å²) < 4.78 is 0. The first-order chi connectivity index (χ1) is 7.34. The van der Waals surface area contributed by atoms with E-state index in [0.717, 1.165) is 16.7 Å². The SMILES string of the molecule is CC(C(=O)C(C)(C)C)=C(C)c1ccccc1. The molecule has 1 heteroatoms. The molecule has 0 heterocycles. The van der Waals surface area contributed by atoms with Crippen LogP contribution in [0.15, 0.2) is 35.9 Å². The first kappa shape index (κ1) is 12.7. The molecule has 0 aliphatic carbocycles. The highest BCUT2D eigenvalue weighted by Gasteiger charge is 2.23. The Bertz CT molecular complexity index is 405. The van der Waals surface area contributed by atoms with Crippen LogP contribution in [0.4, 0.5) is 0 Å². The van der Waals surface area contributed by atoms with Gasteiger partial charge in [0.05, 0.1) is 0 Å². The predicted octanol–water partition coefficient (Wildman–Crippen LogP) is 4.10. The van der Waals surface area contributed by atoms with Crippen molar-refractivity contribution in [3.05, 3.63) is 41.5 Å². The van der Waals surface area contributed by atoms with E-state index >= 15 is 0 Å². The topological polar surface area (TPSA) is 17.1 Å². The molecule has 0 aliphatic rings. The van der Waals surface area contributed by atoms with Gasteiger partial charge in [-0.25, -0.2) is 0 Å². The standard InChI is InChI=1S/C15H20O/c1-11(13-9-7-6-8-10-13)12(2)14(16)15(3,4)5/h6-10H,1-5H3. The van der Waals surface area contributed by atoms with Crippen LogP contribution >= 0.6 is 0 Å². The third kappa shape index (κ3) is 2.82. The molecular weight excluding hydrogens is 196 g/mol. The number of hydrogen-bond donors (Lipinski definition) is 0. The van der Waals surface area contributed by atoms with Crippen LogP contribution in [0.25, 0.3) is 5.57 Å². The second-order valence-electron chi connectivity index (χ2n) is 5.20. The molecule has 0 atom stereocenters. The van der Waals surface area contributed by atoms with Crippen LogP contribution in [0.5, 0.6) is 0 Å². The van der Waals surface area contributed by atoms with Crippen molar-refractivity contribution >= 4 is 11.4 Å². The third-order valence-electron chi connectivity index (χ3n) is 2.79. The molecule has 0 saturated heterocycles. The molecule has 0 saturated carbocycles. The minimum Gasteiger partial charge on any atom is -0.294 e. The van der Waals surface area contributed by atoms with Gasteiger partial charge in [0.1, 0.15) is 0 Å². The molecule has 86 valence electrons. The molecule has 0 aromatic heterocycles. The molecule has 1 rings (SSSR count). The Morgan fingerprint density at radius 3 is 1.94 bits per heavy atom. The Hall–Kier alpha value is -1.37. The summed E-state index contributed by atoms with van der Waals surface area (Å²) in [6, 6.07) is 10.0. The van der Waals surface area contributed by atoms with Gasteiger partial charge < -0.3 is 0 Å².